The normalized spacial score (nSPS) is 13.5. The number of hydrogen-bond donors (Lipinski definition) is 1. The highest BCUT2D eigenvalue weighted by Gasteiger charge is 2.39. The monoisotopic (exact) mass is 412 g/mol. The summed E-state index contributed by atoms with van der Waals surface area (Å²) in [5, 5.41) is 15.3. The van der Waals surface area contributed by atoms with Crippen molar-refractivity contribution in [3.05, 3.63) is 72.3 Å². The maximum Gasteiger partial charge on any atom is 0.220 e. The highest BCUT2D eigenvalue weighted by atomic mass is 16.1. The van der Waals surface area contributed by atoms with Crippen LogP contribution < -0.4 is 5.32 Å². The maximum absolute atomic E-state index is 12.4. The Morgan fingerprint density at radius 2 is 1.90 bits per heavy atom. The third-order valence-corrected chi connectivity index (χ3v) is 5.37. The molecule has 1 N–H and O–H groups in total. The van der Waals surface area contributed by atoms with E-state index < -0.39 is 5.66 Å². The molecule has 156 valence electrons. The summed E-state index contributed by atoms with van der Waals surface area (Å²) >= 11 is 0. The Balaban J connectivity index is 1.34. The minimum absolute atomic E-state index is 0.00429. The largest absolute Gasteiger partial charge is 0.352 e. The molecule has 1 aliphatic heterocycles. The Morgan fingerprint density at radius 3 is 2.61 bits per heavy atom. The van der Waals surface area contributed by atoms with Crippen LogP contribution in [0.1, 0.15) is 36.8 Å². The minimum Gasteiger partial charge on any atom is -0.352 e. The lowest BCUT2D eigenvalue weighted by molar-refractivity contribution is -0.121. The van der Waals surface area contributed by atoms with Crippen LogP contribution in [0.2, 0.25) is 0 Å². The van der Waals surface area contributed by atoms with Crippen LogP contribution in [0.3, 0.4) is 0 Å². The van der Waals surface area contributed by atoms with E-state index >= 15 is 0 Å². The zero-order valence-corrected chi connectivity index (χ0v) is 17.2. The van der Waals surface area contributed by atoms with Crippen LogP contribution in [0.15, 0.2) is 71.4 Å². The summed E-state index contributed by atoms with van der Waals surface area (Å²) in [6, 6.07) is 16.5. The van der Waals surface area contributed by atoms with Crippen molar-refractivity contribution in [2.24, 2.45) is 10.2 Å². The lowest BCUT2D eigenvalue weighted by Crippen LogP contribution is -2.25. The second kappa shape index (κ2) is 9.35. The van der Waals surface area contributed by atoms with Crippen molar-refractivity contribution in [2.75, 3.05) is 0 Å². The van der Waals surface area contributed by atoms with E-state index in [0.717, 1.165) is 22.3 Å². The molecule has 0 spiro atoms. The van der Waals surface area contributed by atoms with Gasteiger partial charge in [0.1, 0.15) is 12.7 Å². The van der Waals surface area contributed by atoms with Gasteiger partial charge in [-0.1, -0.05) is 48.5 Å². The Labute approximate surface area is 181 Å². The third kappa shape index (κ3) is 5.43. The van der Waals surface area contributed by atoms with E-state index in [-0.39, 0.29) is 5.91 Å². The van der Waals surface area contributed by atoms with Crippen LogP contribution in [0.25, 0.3) is 11.1 Å². The number of hydrogen-bond acceptors (Lipinski definition) is 5. The molecule has 1 aliphatic rings. The van der Waals surface area contributed by atoms with Crippen LogP contribution in [0.5, 0.6) is 0 Å². The van der Waals surface area contributed by atoms with Gasteiger partial charge in [-0.25, -0.2) is 9.67 Å². The first-order valence-corrected chi connectivity index (χ1v) is 10.3. The molecule has 0 bridgehead atoms. The van der Waals surface area contributed by atoms with Crippen molar-refractivity contribution in [1.82, 2.24) is 20.1 Å². The van der Waals surface area contributed by atoms with Gasteiger partial charge in [-0.15, -0.1) is 12.3 Å². The summed E-state index contributed by atoms with van der Waals surface area (Å²) in [7, 11) is 0. The number of carbonyl (C=O) groups excluding carboxylic acids is 1. The number of nitrogens with zero attached hydrogens (tertiary/aromatic N) is 5. The fourth-order valence-electron chi connectivity index (χ4n) is 3.51. The maximum atomic E-state index is 12.4. The molecule has 3 aromatic rings. The molecule has 1 aromatic heterocycles. The summed E-state index contributed by atoms with van der Waals surface area (Å²) < 4.78 is 1.79. The average molecular weight is 412 g/mol. The SMILES string of the molecule is C#CCCC1(CCC(=O)NCc2ccccc2-c2ccc(Cn3cncn3)cc2)N=N1. The molecule has 4 rings (SSSR count). The molecule has 31 heavy (non-hydrogen) atoms. The molecule has 0 saturated carbocycles. The van der Waals surface area contributed by atoms with Gasteiger partial charge in [0.2, 0.25) is 5.91 Å². The predicted octanol–water partition coefficient (Wildman–Crippen LogP) is 3.97. The number of aromatic nitrogens is 3. The standard InChI is InChI=1S/C24H24N6O/c1-2-3-13-24(28-29-24)14-12-23(31)26-15-21-6-4-5-7-22(21)20-10-8-19(9-11-20)16-30-18-25-17-27-30/h1,4-11,17-18H,3,12-16H2,(H,26,31). The highest BCUT2D eigenvalue weighted by molar-refractivity contribution is 5.76. The fraction of sp³-hybridized carbons (Fsp3) is 0.292. The Morgan fingerprint density at radius 1 is 1.10 bits per heavy atom. The number of terminal acetylenes is 1. The number of rotatable bonds is 10. The highest BCUT2D eigenvalue weighted by Crippen LogP contribution is 2.37. The van der Waals surface area contributed by atoms with Crippen molar-refractivity contribution in [1.29, 1.82) is 0 Å². The summed E-state index contributed by atoms with van der Waals surface area (Å²) in [5.41, 5.74) is 4.01. The zero-order valence-electron chi connectivity index (χ0n) is 17.2. The van der Waals surface area contributed by atoms with E-state index in [9.17, 15) is 4.79 Å². The number of nitrogens with one attached hydrogen (secondary N) is 1. The lowest BCUT2D eigenvalue weighted by Gasteiger charge is -2.13. The molecular formula is C24H24N6O. The van der Waals surface area contributed by atoms with E-state index in [1.807, 2.05) is 18.2 Å². The van der Waals surface area contributed by atoms with Crippen LogP contribution >= 0.6 is 0 Å². The molecule has 0 aliphatic carbocycles. The summed E-state index contributed by atoms with van der Waals surface area (Å²) in [5.74, 6) is 2.60. The topological polar surface area (TPSA) is 84.5 Å². The Kier molecular flexibility index (Phi) is 6.18. The molecule has 1 amide bonds. The first kappa shape index (κ1) is 20.5. The van der Waals surface area contributed by atoms with Crippen LogP contribution in [-0.2, 0) is 17.9 Å². The smallest absolute Gasteiger partial charge is 0.220 e. The number of benzene rings is 2. The number of amides is 1. The van der Waals surface area contributed by atoms with Crippen molar-refractivity contribution in [2.45, 2.75) is 44.4 Å². The summed E-state index contributed by atoms with van der Waals surface area (Å²) in [6.07, 6.45) is 10.9. The zero-order chi connectivity index (χ0) is 21.5. The molecule has 0 saturated heterocycles. The van der Waals surface area contributed by atoms with Gasteiger partial charge in [-0.3, -0.25) is 4.79 Å². The second-order valence-corrected chi connectivity index (χ2v) is 7.61. The van der Waals surface area contributed by atoms with Gasteiger partial charge in [0.15, 0.2) is 5.66 Å². The molecular weight excluding hydrogens is 388 g/mol. The Hall–Kier alpha value is -3.79. The first-order chi connectivity index (χ1) is 15.2. The number of carbonyl (C=O) groups is 1. The minimum atomic E-state index is -0.421. The average Bonchev–Trinajstić information content (AvgIpc) is 3.40. The molecule has 0 fully saturated rings. The van der Waals surface area contributed by atoms with Gasteiger partial charge in [0, 0.05) is 32.2 Å². The van der Waals surface area contributed by atoms with E-state index in [2.05, 4.69) is 61.9 Å². The van der Waals surface area contributed by atoms with E-state index in [1.165, 1.54) is 6.33 Å². The van der Waals surface area contributed by atoms with Gasteiger partial charge in [0.05, 0.1) is 6.54 Å². The molecule has 0 atom stereocenters. The van der Waals surface area contributed by atoms with Crippen LogP contribution in [0, 0.1) is 12.3 Å². The third-order valence-electron chi connectivity index (χ3n) is 5.37. The van der Waals surface area contributed by atoms with Gasteiger partial charge < -0.3 is 5.32 Å². The van der Waals surface area contributed by atoms with Gasteiger partial charge in [0.25, 0.3) is 0 Å². The molecule has 2 aromatic carbocycles. The van der Waals surface area contributed by atoms with Crippen molar-refractivity contribution in [3.8, 4) is 23.5 Å². The quantitative estimate of drug-likeness (QED) is 0.512. The molecule has 0 unspecified atom stereocenters. The van der Waals surface area contributed by atoms with Crippen LogP contribution in [0.4, 0.5) is 0 Å². The Bertz CT molecular complexity index is 1090. The lowest BCUT2D eigenvalue weighted by atomic mass is 9.98. The fourth-order valence-corrected chi connectivity index (χ4v) is 3.51. The van der Waals surface area contributed by atoms with E-state index in [0.29, 0.717) is 38.8 Å². The second-order valence-electron chi connectivity index (χ2n) is 7.61. The van der Waals surface area contributed by atoms with Crippen molar-refractivity contribution >= 4 is 5.91 Å². The van der Waals surface area contributed by atoms with Crippen molar-refractivity contribution in [3.63, 3.8) is 0 Å². The summed E-state index contributed by atoms with van der Waals surface area (Å²) in [6.45, 7) is 1.15. The van der Waals surface area contributed by atoms with Gasteiger partial charge in [-0.2, -0.15) is 15.3 Å². The molecule has 0 radical (unpaired) electrons. The first-order valence-electron chi connectivity index (χ1n) is 10.3. The summed E-state index contributed by atoms with van der Waals surface area (Å²) in [4.78, 5) is 16.3. The van der Waals surface area contributed by atoms with Crippen molar-refractivity contribution < 1.29 is 4.79 Å². The van der Waals surface area contributed by atoms with Gasteiger partial charge >= 0.3 is 0 Å². The van der Waals surface area contributed by atoms with Gasteiger partial charge in [-0.05, 0) is 22.3 Å². The molecule has 7 nitrogen and oxygen atoms in total. The van der Waals surface area contributed by atoms with E-state index in [4.69, 9.17) is 6.42 Å². The molecule has 2 heterocycles. The van der Waals surface area contributed by atoms with Crippen LogP contribution in [-0.4, -0.2) is 26.3 Å². The predicted molar refractivity (Wildman–Crippen MR) is 118 cm³/mol. The molecule has 7 heteroatoms. The van der Waals surface area contributed by atoms with E-state index in [1.54, 1.807) is 11.0 Å².